The third-order valence-electron chi connectivity index (χ3n) is 3.44. The fourth-order valence-electron chi connectivity index (χ4n) is 2.39. The van der Waals surface area contributed by atoms with Crippen molar-refractivity contribution in [3.63, 3.8) is 0 Å². The highest BCUT2D eigenvalue weighted by Gasteiger charge is 2.14. The number of urea groups is 1. The molecular weight excluding hydrogens is 310 g/mol. The van der Waals surface area contributed by atoms with Crippen LogP contribution in [0, 0.1) is 20.8 Å². The molecule has 124 valence electrons. The summed E-state index contributed by atoms with van der Waals surface area (Å²) in [7, 11) is 0. The first-order valence-corrected chi connectivity index (χ1v) is 8.39. The lowest BCUT2D eigenvalue weighted by Crippen LogP contribution is -2.39. The summed E-state index contributed by atoms with van der Waals surface area (Å²) in [5.41, 5.74) is 3.00. The molecule has 2 rings (SSSR count). The van der Waals surface area contributed by atoms with Crippen LogP contribution in [0.15, 0.2) is 24.4 Å². The van der Waals surface area contributed by atoms with Crippen molar-refractivity contribution >= 4 is 17.4 Å². The molecule has 1 aromatic carbocycles. The summed E-state index contributed by atoms with van der Waals surface area (Å²) in [5.74, 6) is 0. The quantitative estimate of drug-likeness (QED) is 0.787. The molecule has 2 atom stereocenters. The van der Waals surface area contributed by atoms with E-state index in [2.05, 4.69) is 15.6 Å². The van der Waals surface area contributed by atoms with Crippen LogP contribution < -0.4 is 10.6 Å². The Bertz CT molecular complexity index is 664. The van der Waals surface area contributed by atoms with Gasteiger partial charge in [-0.2, -0.15) is 0 Å². The van der Waals surface area contributed by atoms with E-state index in [0.29, 0.717) is 0 Å². The number of carbonyl (C=O) groups excluding carboxylic acids is 1. The molecule has 0 bridgehead atoms. The van der Waals surface area contributed by atoms with E-state index in [1.165, 1.54) is 0 Å². The van der Waals surface area contributed by atoms with Crippen LogP contribution in [-0.4, -0.2) is 22.7 Å². The van der Waals surface area contributed by atoms with Crippen molar-refractivity contribution in [3.8, 4) is 0 Å². The molecule has 0 spiro atoms. The Morgan fingerprint density at radius 2 is 1.91 bits per heavy atom. The maximum Gasteiger partial charge on any atom is 0.315 e. The van der Waals surface area contributed by atoms with Crippen LogP contribution in [0.5, 0.6) is 0 Å². The van der Waals surface area contributed by atoms with Gasteiger partial charge in [0, 0.05) is 17.6 Å². The molecule has 0 saturated heterocycles. The SMILES string of the molecule is Cc1cc(C)cc([C@@H](O)CNC(=O)N[C@@H](C)c2ncc(C)s2)c1. The summed E-state index contributed by atoms with van der Waals surface area (Å²) in [5, 5.41) is 16.6. The first kappa shape index (κ1) is 17.4. The van der Waals surface area contributed by atoms with Gasteiger partial charge in [0.2, 0.25) is 0 Å². The Morgan fingerprint density at radius 1 is 1.26 bits per heavy atom. The lowest BCUT2D eigenvalue weighted by molar-refractivity contribution is 0.172. The fourth-order valence-corrected chi connectivity index (χ4v) is 3.17. The Kier molecular flexibility index (Phi) is 5.74. The van der Waals surface area contributed by atoms with Crippen molar-refractivity contribution in [1.29, 1.82) is 0 Å². The molecule has 0 fully saturated rings. The smallest absolute Gasteiger partial charge is 0.315 e. The van der Waals surface area contributed by atoms with Gasteiger partial charge in [-0.3, -0.25) is 0 Å². The molecule has 2 amide bonds. The van der Waals surface area contributed by atoms with E-state index in [1.54, 1.807) is 17.5 Å². The number of aryl methyl sites for hydroxylation is 3. The van der Waals surface area contributed by atoms with E-state index in [4.69, 9.17) is 0 Å². The topological polar surface area (TPSA) is 74.2 Å². The van der Waals surface area contributed by atoms with Gasteiger partial charge < -0.3 is 15.7 Å². The number of nitrogens with zero attached hydrogens (tertiary/aromatic N) is 1. The maximum absolute atomic E-state index is 11.9. The third kappa shape index (κ3) is 5.04. The van der Waals surface area contributed by atoms with Gasteiger partial charge in [0.1, 0.15) is 5.01 Å². The van der Waals surface area contributed by atoms with Crippen molar-refractivity contribution in [1.82, 2.24) is 15.6 Å². The molecule has 0 aliphatic rings. The molecule has 0 unspecified atom stereocenters. The molecule has 1 aromatic heterocycles. The van der Waals surface area contributed by atoms with Crippen LogP contribution in [0.3, 0.4) is 0 Å². The molecule has 1 heterocycles. The van der Waals surface area contributed by atoms with Gasteiger partial charge in [0.15, 0.2) is 0 Å². The molecule has 6 heteroatoms. The molecule has 0 saturated carbocycles. The van der Waals surface area contributed by atoms with Crippen molar-refractivity contribution in [2.24, 2.45) is 0 Å². The van der Waals surface area contributed by atoms with Gasteiger partial charge >= 0.3 is 6.03 Å². The maximum atomic E-state index is 11.9. The van der Waals surface area contributed by atoms with Crippen LogP contribution in [0.25, 0.3) is 0 Å². The number of hydrogen-bond acceptors (Lipinski definition) is 4. The number of aromatic nitrogens is 1. The van der Waals surface area contributed by atoms with Gasteiger partial charge in [-0.25, -0.2) is 9.78 Å². The minimum absolute atomic E-state index is 0.160. The van der Waals surface area contributed by atoms with Crippen LogP contribution in [0.4, 0.5) is 4.79 Å². The van der Waals surface area contributed by atoms with Crippen molar-refractivity contribution in [2.45, 2.75) is 39.8 Å². The molecule has 3 N–H and O–H groups in total. The Morgan fingerprint density at radius 3 is 2.48 bits per heavy atom. The summed E-state index contributed by atoms with van der Waals surface area (Å²) < 4.78 is 0. The second-order valence-electron chi connectivity index (χ2n) is 5.82. The lowest BCUT2D eigenvalue weighted by atomic mass is 10.0. The van der Waals surface area contributed by atoms with Crippen molar-refractivity contribution in [2.75, 3.05) is 6.54 Å². The number of rotatable bonds is 5. The van der Waals surface area contributed by atoms with Gasteiger partial charge in [0.25, 0.3) is 0 Å². The lowest BCUT2D eigenvalue weighted by Gasteiger charge is -2.16. The minimum atomic E-state index is -0.725. The highest BCUT2D eigenvalue weighted by atomic mass is 32.1. The number of nitrogens with one attached hydrogen (secondary N) is 2. The fraction of sp³-hybridized carbons (Fsp3) is 0.412. The number of thiazole rings is 1. The largest absolute Gasteiger partial charge is 0.387 e. The van der Waals surface area contributed by atoms with Crippen molar-refractivity contribution in [3.05, 3.63) is 51.0 Å². The van der Waals surface area contributed by atoms with E-state index < -0.39 is 6.10 Å². The van der Waals surface area contributed by atoms with E-state index in [9.17, 15) is 9.90 Å². The van der Waals surface area contributed by atoms with Crippen LogP contribution in [-0.2, 0) is 0 Å². The van der Waals surface area contributed by atoms with Crippen LogP contribution in [0.2, 0.25) is 0 Å². The van der Waals surface area contributed by atoms with E-state index in [0.717, 1.165) is 26.6 Å². The first-order chi connectivity index (χ1) is 10.8. The summed E-state index contributed by atoms with van der Waals surface area (Å²) in [4.78, 5) is 17.3. The molecule has 0 radical (unpaired) electrons. The van der Waals surface area contributed by atoms with Gasteiger partial charge in [-0.15, -0.1) is 11.3 Å². The molecular formula is C17H23N3O2S. The van der Waals surface area contributed by atoms with Gasteiger partial charge in [0.05, 0.1) is 12.1 Å². The zero-order chi connectivity index (χ0) is 17.0. The Balaban J connectivity index is 1.86. The average molecular weight is 333 g/mol. The zero-order valence-electron chi connectivity index (χ0n) is 13.9. The first-order valence-electron chi connectivity index (χ1n) is 7.58. The summed E-state index contributed by atoms with van der Waals surface area (Å²) in [6.45, 7) is 8.01. The predicted octanol–water partition coefficient (Wildman–Crippen LogP) is 3.16. The van der Waals surface area contributed by atoms with Crippen LogP contribution >= 0.6 is 11.3 Å². The normalized spacial score (nSPS) is 13.4. The molecule has 2 aromatic rings. The van der Waals surface area contributed by atoms with E-state index >= 15 is 0 Å². The number of aliphatic hydroxyl groups is 1. The summed E-state index contributed by atoms with van der Waals surface area (Å²) in [6.07, 6.45) is 1.07. The van der Waals surface area contributed by atoms with Crippen LogP contribution in [0.1, 0.15) is 45.6 Å². The Labute approximate surface area is 140 Å². The van der Waals surface area contributed by atoms with Crippen molar-refractivity contribution < 1.29 is 9.90 Å². The molecule has 0 aliphatic carbocycles. The standard InChI is InChI=1S/C17H23N3O2S/c1-10-5-11(2)7-14(6-10)15(21)9-19-17(22)20-13(4)16-18-8-12(3)23-16/h5-8,13,15,21H,9H2,1-4H3,(H2,19,20,22)/t13-,15-/m0/s1. The summed E-state index contributed by atoms with van der Waals surface area (Å²) >= 11 is 1.56. The summed E-state index contributed by atoms with van der Waals surface area (Å²) in [6, 6.07) is 5.44. The predicted molar refractivity (Wildman–Crippen MR) is 92.7 cm³/mol. The monoisotopic (exact) mass is 333 g/mol. The average Bonchev–Trinajstić information content (AvgIpc) is 2.90. The zero-order valence-corrected chi connectivity index (χ0v) is 14.7. The molecule has 5 nitrogen and oxygen atoms in total. The number of benzene rings is 1. The van der Waals surface area contributed by atoms with Gasteiger partial charge in [-0.1, -0.05) is 29.3 Å². The second kappa shape index (κ2) is 7.57. The minimum Gasteiger partial charge on any atom is -0.387 e. The highest BCUT2D eigenvalue weighted by Crippen LogP contribution is 2.19. The highest BCUT2D eigenvalue weighted by molar-refractivity contribution is 7.11. The number of amides is 2. The number of aliphatic hydroxyl groups excluding tert-OH is 1. The van der Waals surface area contributed by atoms with Gasteiger partial charge in [-0.05, 0) is 33.3 Å². The third-order valence-corrected chi connectivity index (χ3v) is 4.54. The number of hydrogen-bond donors (Lipinski definition) is 3. The Hall–Kier alpha value is -1.92. The van der Waals surface area contributed by atoms with E-state index in [1.807, 2.05) is 45.9 Å². The molecule has 23 heavy (non-hydrogen) atoms. The van der Waals surface area contributed by atoms with E-state index in [-0.39, 0.29) is 18.6 Å². The molecule has 0 aliphatic heterocycles. The second-order valence-corrected chi connectivity index (χ2v) is 7.09. The number of carbonyl (C=O) groups is 1.